The molecule has 1 atom stereocenters. The third-order valence-corrected chi connectivity index (χ3v) is 4.23. The van der Waals surface area contributed by atoms with Gasteiger partial charge in [-0.05, 0) is 44.4 Å². The van der Waals surface area contributed by atoms with Crippen molar-refractivity contribution in [1.82, 2.24) is 5.32 Å². The van der Waals surface area contributed by atoms with E-state index < -0.39 is 11.0 Å². The van der Waals surface area contributed by atoms with Gasteiger partial charge in [0, 0.05) is 6.54 Å². The molecule has 0 aromatic heterocycles. The number of nitrogens with one attached hydrogen (secondary N) is 1. The molecule has 0 heterocycles. The molecule has 0 aliphatic rings. The highest BCUT2D eigenvalue weighted by atomic mass is 16.5. The summed E-state index contributed by atoms with van der Waals surface area (Å²) in [5.41, 5.74) is -0.671. The summed E-state index contributed by atoms with van der Waals surface area (Å²) in [6, 6.07) is 7.46. The van der Waals surface area contributed by atoms with Crippen LogP contribution in [0.25, 0.3) is 0 Å². The summed E-state index contributed by atoms with van der Waals surface area (Å²) in [4.78, 5) is 12.4. The highest BCUT2D eigenvalue weighted by Crippen LogP contribution is 2.26. The Hall–Kier alpha value is -1.55. The molecular formula is C17H27NO3. The molecule has 1 aromatic carbocycles. The second kappa shape index (κ2) is 6.48. The maximum atomic E-state index is 12.4. The van der Waals surface area contributed by atoms with Crippen LogP contribution in [-0.2, 0) is 10.2 Å². The summed E-state index contributed by atoms with van der Waals surface area (Å²) < 4.78 is 5.13. The van der Waals surface area contributed by atoms with Gasteiger partial charge in [-0.15, -0.1) is 0 Å². The van der Waals surface area contributed by atoms with Crippen LogP contribution in [-0.4, -0.2) is 30.3 Å². The van der Waals surface area contributed by atoms with Crippen LogP contribution < -0.4 is 10.1 Å². The number of methoxy groups -OCH3 is 1. The van der Waals surface area contributed by atoms with Gasteiger partial charge >= 0.3 is 0 Å². The number of rotatable bonds is 6. The van der Waals surface area contributed by atoms with Crippen LogP contribution in [0.3, 0.4) is 0 Å². The smallest absolute Gasteiger partial charge is 0.230 e. The first-order chi connectivity index (χ1) is 9.61. The standard InChI is InChI=1S/C17H27NO3/c1-12(2)17(5,20)11-18-15(19)16(3,4)13-7-9-14(21-6)10-8-13/h7-10,12,20H,11H2,1-6H3,(H,18,19). The summed E-state index contributed by atoms with van der Waals surface area (Å²) >= 11 is 0. The van der Waals surface area contributed by atoms with E-state index in [-0.39, 0.29) is 18.4 Å². The van der Waals surface area contributed by atoms with E-state index in [4.69, 9.17) is 4.74 Å². The van der Waals surface area contributed by atoms with E-state index in [1.54, 1.807) is 14.0 Å². The average molecular weight is 293 g/mol. The van der Waals surface area contributed by atoms with Gasteiger partial charge in [-0.1, -0.05) is 26.0 Å². The minimum absolute atomic E-state index is 0.0712. The van der Waals surface area contributed by atoms with Gasteiger partial charge in [-0.2, -0.15) is 0 Å². The van der Waals surface area contributed by atoms with Crippen molar-refractivity contribution in [3.05, 3.63) is 29.8 Å². The normalized spacial score (nSPS) is 14.7. The summed E-state index contributed by atoms with van der Waals surface area (Å²) in [6.07, 6.45) is 0. The molecule has 0 radical (unpaired) electrons. The van der Waals surface area contributed by atoms with Gasteiger partial charge < -0.3 is 15.2 Å². The monoisotopic (exact) mass is 293 g/mol. The average Bonchev–Trinajstić information content (AvgIpc) is 2.44. The quantitative estimate of drug-likeness (QED) is 0.847. The Morgan fingerprint density at radius 3 is 2.19 bits per heavy atom. The molecule has 1 rings (SSSR count). The fraction of sp³-hybridized carbons (Fsp3) is 0.588. The van der Waals surface area contributed by atoms with E-state index in [1.165, 1.54) is 0 Å². The second-order valence-corrected chi connectivity index (χ2v) is 6.55. The lowest BCUT2D eigenvalue weighted by molar-refractivity contribution is -0.127. The van der Waals surface area contributed by atoms with E-state index in [9.17, 15) is 9.90 Å². The van der Waals surface area contributed by atoms with Crippen molar-refractivity contribution in [2.45, 2.75) is 45.6 Å². The molecule has 0 aliphatic carbocycles. The third-order valence-electron chi connectivity index (χ3n) is 4.23. The molecule has 1 amide bonds. The van der Waals surface area contributed by atoms with Crippen molar-refractivity contribution in [2.24, 2.45) is 5.92 Å². The zero-order valence-corrected chi connectivity index (χ0v) is 13.9. The van der Waals surface area contributed by atoms with Crippen molar-refractivity contribution < 1.29 is 14.6 Å². The van der Waals surface area contributed by atoms with Crippen LogP contribution in [0, 0.1) is 5.92 Å². The molecular weight excluding hydrogens is 266 g/mol. The highest BCUT2D eigenvalue weighted by Gasteiger charge is 2.32. The van der Waals surface area contributed by atoms with Gasteiger partial charge in [0.1, 0.15) is 5.75 Å². The SMILES string of the molecule is COc1ccc(C(C)(C)C(=O)NCC(C)(O)C(C)C)cc1. The predicted octanol–water partition coefficient (Wildman–Crippen LogP) is 2.50. The number of carbonyl (C=O) groups excluding carboxylic acids is 1. The molecule has 1 aromatic rings. The Morgan fingerprint density at radius 2 is 1.76 bits per heavy atom. The molecule has 0 saturated heterocycles. The number of aliphatic hydroxyl groups is 1. The minimum Gasteiger partial charge on any atom is -0.497 e. The van der Waals surface area contributed by atoms with Gasteiger partial charge in [-0.25, -0.2) is 0 Å². The number of hydrogen-bond acceptors (Lipinski definition) is 3. The number of benzene rings is 1. The van der Waals surface area contributed by atoms with Crippen LogP contribution in [0.5, 0.6) is 5.75 Å². The Balaban J connectivity index is 2.79. The van der Waals surface area contributed by atoms with Gasteiger partial charge in [-0.3, -0.25) is 4.79 Å². The van der Waals surface area contributed by atoms with Crippen LogP contribution in [0.1, 0.15) is 40.2 Å². The largest absolute Gasteiger partial charge is 0.497 e. The van der Waals surface area contributed by atoms with Crippen LogP contribution in [0.4, 0.5) is 0 Å². The van der Waals surface area contributed by atoms with Gasteiger partial charge in [0.25, 0.3) is 0 Å². The number of amides is 1. The Bertz CT molecular complexity index is 475. The Labute approximate surface area is 127 Å². The molecule has 4 nitrogen and oxygen atoms in total. The molecule has 1 unspecified atom stereocenters. The van der Waals surface area contributed by atoms with Crippen LogP contribution >= 0.6 is 0 Å². The van der Waals surface area contributed by atoms with Crippen molar-refractivity contribution in [3.63, 3.8) is 0 Å². The number of carbonyl (C=O) groups is 1. The zero-order chi connectivity index (χ0) is 16.3. The summed E-state index contributed by atoms with van der Waals surface area (Å²) in [5, 5.41) is 13.1. The van der Waals surface area contributed by atoms with Gasteiger partial charge in [0.05, 0.1) is 18.1 Å². The summed E-state index contributed by atoms with van der Waals surface area (Å²) in [6.45, 7) is 9.57. The molecule has 0 aliphatic heterocycles. The van der Waals surface area contributed by atoms with Crippen molar-refractivity contribution in [1.29, 1.82) is 0 Å². The first-order valence-corrected chi connectivity index (χ1v) is 7.26. The van der Waals surface area contributed by atoms with E-state index >= 15 is 0 Å². The van der Waals surface area contributed by atoms with Crippen molar-refractivity contribution in [3.8, 4) is 5.75 Å². The predicted molar refractivity (Wildman–Crippen MR) is 84.5 cm³/mol. The molecule has 0 saturated carbocycles. The topological polar surface area (TPSA) is 58.6 Å². The molecule has 21 heavy (non-hydrogen) atoms. The fourth-order valence-corrected chi connectivity index (χ4v) is 1.82. The first-order valence-electron chi connectivity index (χ1n) is 7.26. The summed E-state index contributed by atoms with van der Waals surface area (Å²) in [5.74, 6) is 0.730. The second-order valence-electron chi connectivity index (χ2n) is 6.55. The minimum atomic E-state index is -0.911. The van der Waals surface area contributed by atoms with Crippen LogP contribution in [0.2, 0.25) is 0 Å². The highest BCUT2D eigenvalue weighted by molar-refractivity contribution is 5.87. The van der Waals surface area contributed by atoms with E-state index in [0.717, 1.165) is 11.3 Å². The fourth-order valence-electron chi connectivity index (χ4n) is 1.82. The molecule has 2 N–H and O–H groups in total. The maximum Gasteiger partial charge on any atom is 0.230 e. The lowest BCUT2D eigenvalue weighted by Gasteiger charge is -2.31. The summed E-state index contributed by atoms with van der Waals surface area (Å²) in [7, 11) is 1.61. The van der Waals surface area contributed by atoms with Gasteiger partial charge in [0.2, 0.25) is 5.91 Å². The molecule has 118 valence electrons. The van der Waals surface area contributed by atoms with E-state index in [2.05, 4.69) is 5.32 Å². The Kier molecular flexibility index (Phi) is 5.40. The zero-order valence-electron chi connectivity index (χ0n) is 13.9. The maximum absolute atomic E-state index is 12.4. The lowest BCUT2D eigenvalue weighted by Crippen LogP contribution is -2.49. The lowest BCUT2D eigenvalue weighted by atomic mass is 9.83. The van der Waals surface area contributed by atoms with Crippen molar-refractivity contribution in [2.75, 3.05) is 13.7 Å². The molecule has 0 fully saturated rings. The Morgan fingerprint density at radius 1 is 1.24 bits per heavy atom. The van der Waals surface area contributed by atoms with E-state index in [1.807, 2.05) is 52.0 Å². The third kappa shape index (κ3) is 4.21. The van der Waals surface area contributed by atoms with E-state index in [0.29, 0.717) is 0 Å². The van der Waals surface area contributed by atoms with Crippen LogP contribution in [0.15, 0.2) is 24.3 Å². The van der Waals surface area contributed by atoms with Crippen molar-refractivity contribution >= 4 is 5.91 Å². The molecule has 4 heteroatoms. The number of ether oxygens (including phenoxy) is 1. The molecule has 0 spiro atoms. The number of hydrogen-bond donors (Lipinski definition) is 2. The van der Waals surface area contributed by atoms with Gasteiger partial charge in [0.15, 0.2) is 0 Å². The first kappa shape index (κ1) is 17.5. The molecule has 0 bridgehead atoms.